The average molecular weight is 515 g/mol. The number of hydrogen-bond acceptors (Lipinski definition) is 3. The molecule has 1 unspecified atom stereocenters. The highest BCUT2D eigenvalue weighted by Gasteiger charge is 2.23. The van der Waals surface area contributed by atoms with Crippen molar-refractivity contribution in [1.82, 2.24) is 15.1 Å². The van der Waals surface area contributed by atoms with Gasteiger partial charge in [-0.25, -0.2) is 4.99 Å². The number of unbranched alkanes of at least 4 members (excludes halogenated alkanes) is 1. The van der Waals surface area contributed by atoms with E-state index >= 15 is 0 Å². The lowest BCUT2D eigenvalue weighted by Crippen LogP contribution is -2.40. The molecular formula is C22H38IN5O. The Morgan fingerprint density at radius 2 is 2.10 bits per heavy atom. The van der Waals surface area contributed by atoms with Gasteiger partial charge in [0, 0.05) is 33.2 Å². The van der Waals surface area contributed by atoms with E-state index < -0.39 is 0 Å². The van der Waals surface area contributed by atoms with Crippen molar-refractivity contribution >= 4 is 35.8 Å². The zero-order valence-electron chi connectivity index (χ0n) is 18.2. The first kappa shape index (κ1) is 25.7. The number of likely N-dealkylation sites (tertiary alicyclic amines) is 1. The molecular weight excluding hydrogens is 477 g/mol. The molecule has 0 bridgehead atoms. The predicted octanol–water partition coefficient (Wildman–Crippen LogP) is 3.20. The second-order valence-corrected chi connectivity index (χ2v) is 7.74. The van der Waals surface area contributed by atoms with Gasteiger partial charge in [0.1, 0.15) is 0 Å². The number of rotatable bonds is 9. The maximum Gasteiger partial charge on any atom is 0.221 e. The third-order valence-electron chi connectivity index (χ3n) is 5.26. The molecule has 29 heavy (non-hydrogen) atoms. The summed E-state index contributed by atoms with van der Waals surface area (Å²) in [6.07, 6.45) is 4.30. The maximum absolute atomic E-state index is 11.5. The number of nitrogens with zero attached hydrogens (tertiary/aromatic N) is 3. The molecule has 2 rings (SSSR count). The van der Waals surface area contributed by atoms with Crippen LogP contribution < -0.4 is 11.1 Å². The van der Waals surface area contributed by atoms with Gasteiger partial charge in [-0.3, -0.25) is 9.69 Å². The number of nitrogens with one attached hydrogen (secondary N) is 1. The van der Waals surface area contributed by atoms with Gasteiger partial charge in [-0.15, -0.1) is 24.0 Å². The van der Waals surface area contributed by atoms with Crippen LogP contribution in [0.2, 0.25) is 0 Å². The molecule has 0 saturated carbocycles. The van der Waals surface area contributed by atoms with Gasteiger partial charge in [-0.2, -0.15) is 0 Å². The molecule has 1 aliphatic heterocycles. The lowest BCUT2D eigenvalue weighted by molar-refractivity contribution is -0.123. The van der Waals surface area contributed by atoms with Gasteiger partial charge in [0.25, 0.3) is 0 Å². The largest absolute Gasteiger partial charge is 0.369 e. The van der Waals surface area contributed by atoms with Gasteiger partial charge >= 0.3 is 0 Å². The highest BCUT2D eigenvalue weighted by atomic mass is 127. The molecule has 1 fully saturated rings. The monoisotopic (exact) mass is 515 g/mol. The van der Waals surface area contributed by atoms with E-state index in [4.69, 9.17) is 10.7 Å². The van der Waals surface area contributed by atoms with Crippen molar-refractivity contribution in [2.24, 2.45) is 16.6 Å². The molecule has 1 saturated heterocycles. The summed E-state index contributed by atoms with van der Waals surface area (Å²) in [5.74, 6) is 0.778. The van der Waals surface area contributed by atoms with Crippen LogP contribution >= 0.6 is 24.0 Å². The first-order valence-corrected chi connectivity index (χ1v) is 10.6. The molecule has 1 heterocycles. The van der Waals surface area contributed by atoms with Crippen LogP contribution in [0.4, 0.5) is 0 Å². The lowest BCUT2D eigenvalue weighted by atomic mass is 9.97. The van der Waals surface area contributed by atoms with Crippen molar-refractivity contribution in [2.45, 2.75) is 52.6 Å². The zero-order valence-corrected chi connectivity index (χ0v) is 20.5. The maximum atomic E-state index is 11.5. The summed E-state index contributed by atoms with van der Waals surface area (Å²) in [4.78, 5) is 20.9. The Labute approximate surface area is 193 Å². The molecule has 1 aromatic carbocycles. The molecule has 0 aliphatic carbocycles. The number of benzene rings is 1. The number of guanidine groups is 1. The number of hydrogen-bond donors (Lipinski definition) is 2. The van der Waals surface area contributed by atoms with Gasteiger partial charge in [0.2, 0.25) is 5.91 Å². The lowest BCUT2D eigenvalue weighted by Gasteiger charge is -2.31. The molecule has 1 aromatic rings. The van der Waals surface area contributed by atoms with Crippen molar-refractivity contribution in [2.75, 3.05) is 33.2 Å². The number of halogens is 1. The molecule has 3 N–H and O–H groups in total. The summed E-state index contributed by atoms with van der Waals surface area (Å²) in [6, 6.07) is 8.61. The smallest absolute Gasteiger partial charge is 0.221 e. The van der Waals surface area contributed by atoms with Gasteiger partial charge in [-0.1, -0.05) is 37.6 Å². The second kappa shape index (κ2) is 13.8. The summed E-state index contributed by atoms with van der Waals surface area (Å²) < 4.78 is 0. The van der Waals surface area contributed by atoms with E-state index in [1.807, 2.05) is 0 Å². The van der Waals surface area contributed by atoms with Gasteiger partial charge in [0.15, 0.2) is 5.96 Å². The minimum Gasteiger partial charge on any atom is -0.369 e. The zero-order chi connectivity index (χ0) is 20.4. The summed E-state index contributed by atoms with van der Waals surface area (Å²) in [5.41, 5.74) is 7.98. The van der Waals surface area contributed by atoms with Gasteiger partial charge < -0.3 is 16.0 Å². The Morgan fingerprint density at radius 1 is 1.34 bits per heavy atom. The number of piperidine rings is 1. The van der Waals surface area contributed by atoms with Crippen LogP contribution in [0.5, 0.6) is 0 Å². The van der Waals surface area contributed by atoms with Crippen LogP contribution in [-0.2, 0) is 17.9 Å². The van der Waals surface area contributed by atoms with Crippen LogP contribution in [0.1, 0.15) is 50.7 Å². The predicted molar refractivity (Wildman–Crippen MR) is 131 cm³/mol. The summed E-state index contributed by atoms with van der Waals surface area (Å²) in [7, 11) is 2.10. The van der Waals surface area contributed by atoms with Crippen molar-refractivity contribution < 1.29 is 4.79 Å². The topological polar surface area (TPSA) is 74.0 Å². The standard InChI is InChI=1S/C22H37N5O.HI/c1-4-6-12-26(3)22(24-5-2)25-15-18-9-7-10-19(14-18)16-27-13-8-11-20(17-27)21(23)28;/h7,9-10,14,20H,4-6,8,11-13,15-17H2,1-3H3,(H2,23,28)(H,24,25);1H. The average Bonchev–Trinajstić information content (AvgIpc) is 2.69. The molecule has 164 valence electrons. The normalized spacial score (nSPS) is 17.5. The Kier molecular flexibility index (Phi) is 12.2. The van der Waals surface area contributed by atoms with E-state index in [0.29, 0.717) is 6.54 Å². The first-order valence-electron chi connectivity index (χ1n) is 10.6. The number of carbonyl (C=O) groups is 1. The number of primary amides is 1. The third kappa shape index (κ3) is 8.90. The van der Waals surface area contributed by atoms with Gasteiger partial charge in [0.05, 0.1) is 12.5 Å². The molecule has 1 aliphatic rings. The van der Waals surface area contributed by atoms with Crippen LogP contribution in [0.25, 0.3) is 0 Å². The summed E-state index contributed by atoms with van der Waals surface area (Å²) in [5, 5.41) is 3.38. The van der Waals surface area contributed by atoms with Crippen molar-refractivity contribution in [1.29, 1.82) is 0 Å². The third-order valence-corrected chi connectivity index (χ3v) is 5.26. The highest BCUT2D eigenvalue weighted by Crippen LogP contribution is 2.19. The molecule has 1 amide bonds. The number of aliphatic imine (C=N–C) groups is 1. The summed E-state index contributed by atoms with van der Waals surface area (Å²) in [6.45, 7) is 9.50. The van der Waals surface area contributed by atoms with E-state index in [2.05, 4.69) is 60.3 Å². The number of carbonyl (C=O) groups excluding carboxylic acids is 1. The minimum absolute atomic E-state index is 0. The van der Waals surface area contributed by atoms with E-state index in [9.17, 15) is 4.79 Å². The quantitative estimate of drug-likeness (QED) is 0.301. The summed E-state index contributed by atoms with van der Waals surface area (Å²) >= 11 is 0. The molecule has 1 atom stereocenters. The SMILES string of the molecule is CCCCN(C)C(=NCc1cccc(CN2CCCC(C(N)=O)C2)c1)NCC.I. The van der Waals surface area contributed by atoms with Gasteiger partial charge in [-0.05, 0) is 43.9 Å². The molecule has 6 nitrogen and oxygen atoms in total. The first-order chi connectivity index (χ1) is 13.5. The van der Waals surface area contributed by atoms with Crippen LogP contribution in [0.3, 0.4) is 0 Å². The van der Waals surface area contributed by atoms with Crippen LogP contribution in [0, 0.1) is 5.92 Å². The molecule has 0 radical (unpaired) electrons. The number of nitrogens with two attached hydrogens (primary N) is 1. The van der Waals surface area contributed by atoms with Crippen molar-refractivity contribution in [3.63, 3.8) is 0 Å². The minimum atomic E-state index is -0.170. The Morgan fingerprint density at radius 3 is 2.79 bits per heavy atom. The number of amides is 1. The van der Waals surface area contributed by atoms with Crippen molar-refractivity contribution in [3.8, 4) is 0 Å². The fourth-order valence-corrected chi connectivity index (χ4v) is 3.65. The Balaban J connectivity index is 0.00000420. The molecule has 7 heteroatoms. The van der Waals surface area contributed by atoms with Crippen LogP contribution in [0.15, 0.2) is 29.3 Å². The Hall–Kier alpha value is -1.35. The van der Waals surface area contributed by atoms with Crippen LogP contribution in [-0.4, -0.2) is 54.9 Å². The Bertz CT molecular complexity index is 652. The van der Waals surface area contributed by atoms with E-state index in [0.717, 1.165) is 51.5 Å². The molecule has 0 aromatic heterocycles. The van der Waals surface area contributed by atoms with Crippen molar-refractivity contribution in [3.05, 3.63) is 35.4 Å². The second-order valence-electron chi connectivity index (χ2n) is 7.74. The highest BCUT2D eigenvalue weighted by molar-refractivity contribution is 14.0. The van der Waals surface area contributed by atoms with E-state index in [-0.39, 0.29) is 35.8 Å². The van der Waals surface area contributed by atoms with E-state index in [1.54, 1.807) is 0 Å². The van der Waals surface area contributed by atoms with E-state index in [1.165, 1.54) is 24.0 Å². The molecule has 0 spiro atoms. The fraction of sp³-hybridized carbons (Fsp3) is 0.636. The fourth-order valence-electron chi connectivity index (χ4n) is 3.65.